The predicted molar refractivity (Wildman–Crippen MR) is 66.7 cm³/mol. The number of aryl methyl sites for hydroxylation is 1. The van der Waals surface area contributed by atoms with Gasteiger partial charge in [-0.1, -0.05) is 13.3 Å². The number of anilines is 2. The molecule has 2 unspecified atom stereocenters. The Morgan fingerprint density at radius 3 is 2.69 bits per heavy atom. The van der Waals surface area contributed by atoms with Crippen LogP contribution in [0, 0.1) is 12.8 Å². The molecule has 0 radical (unpaired) electrons. The highest BCUT2D eigenvalue weighted by atomic mass is 15.1. The molecule has 1 aromatic heterocycles. The summed E-state index contributed by atoms with van der Waals surface area (Å²) < 4.78 is 0. The van der Waals surface area contributed by atoms with Crippen molar-refractivity contribution in [2.24, 2.45) is 5.92 Å². The van der Waals surface area contributed by atoms with Crippen molar-refractivity contribution in [1.29, 1.82) is 0 Å². The minimum atomic E-state index is 0.619. The number of rotatable bonds is 5. The van der Waals surface area contributed by atoms with Gasteiger partial charge in [0.1, 0.15) is 17.5 Å². The first-order valence-electron chi connectivity index (χ1n) is 6.09. The van der Waals surface area contributed by atoms with Gasteiger partial charge in [-0.2, -0.15) is 0 Å². The molecule has 88 valence electrons. The van der Waals surface area contributed by atoms with Crippen molar-refractivity contribution in [1.82, 2.24) is 9.97 Å². The van der Waals surface area contributed by atoms with E-state index < -0.39 is 0 Å². The maximum atomic E-state index is 4.40. The molecule has 2 atom stereocenters. The van der Waals surface area contributed by atoms with Gasteiger partial charge in [0.05, 0.1) is 0 Å². The van der Waals surface area contributed by atoms with E-state index in [-0.39, 0.29) is 0 Å². The van der Waals surface area contributed by atoms with Crippen LogP contribution in [0.5, 0.6) is 0 Å². The molecule has 1 fully saturated rings. The van der Waals surface area contributed by atoms with Crippen molar-refractivity contribution in [2.75, 3.05) is 17.2 Å². The van der Waals surface area contributed by atoms with Gasteiger partial charge in [-0.25, -0.2) is 9.97 Å². The molecule has 1 heterocycles. The lowest BCUT2D eigenvalue weighted by Gasteiger charge is -2.08. The minimum absolute atomic E-state index is 0.619. The highest BCUT2D eigenvalue weighted by Gasteiger charge is 2.35. The third-order valence-corrected chi connectivity index (χ3v) is 2.98. The van der Waals surface area contributed by atoms with Crippen LogP contribution in [-0.4, -0.2) is 22.6 Å². The van der Waals surface area contributed by atoms with E-state index in [9.17, 15) is 0 Å². The molecule has 4 heteroatoms. The average molecular weight is 220 g/mol. The number of hydrogen-bond donors (Lipinski definition) is 2. The first-order valence-corrected chi connectivity index (χ1v) is 6.09. The number of aromatic nitrogens is 2. The van der Waals surface area contributed by atoms with Crippen molar-refractivity contribution in [3.63, 3.8) is 0 Å². The van der Waals surface area contributed by atoms with E-state index in [0.29, 0.717) is 6.04 Å². The lowest BCUT2D eigenvalue weighted by Crippen LogP contribution is -2.09. The summed E-state index contributed by atoms with van der Waals surface area (Å²) in [5, 5.41) is 6.68. The van der Waals surface area contributed by atoms with Crippen molar-refractivity contribution in [3.8, 4) is 0 Å². The summed E-state index contributed by atoms with van der Waals surface area (Å²) >= 11 is 0. The van der Waals surface area contributed by atoms with Crippen LogP contribution >= 0.6 is 0 Å². The van der Waals surface area contributed by atoms with Gasteiger partial charge in [-0.05, 0) is 26.2 Å². The molecule has 2 N–H and O–H groups in total. The van der Waals surface area contributed by atoms with Gasteiger partial charge in [-0.15, -0.1) is 0 Å². The van der Waals surface area contributed by atoms with Gasteiger partial charge < -0.3 is 10.6 Å². The Morgan fingerprint density at radius 1 is 1.31 bits per heavy atom. The van der Waals surface area contributed by atoms with Crippen molar-refractivity contribution in [3.05, 3.63) is 11.9 Å². The number of hydrogen-bond acceptors (Lipinski definition) is 4. The van der Waals surface area contributed by atoms with E-state index in [1.54, 1.807) is 0 Å². The predicted octanol–water partition coefficient (Wildman–Crippen LogP) is 2.43. The largest absolute Gasteiger partial charge is 0.370 e. The molecular formula is C12H20N4. The summed E-state index contributed by atoms with van der Waals surface area (Å²) in [5.74, 6) is 3.50. The SMILES string of the molecule is CCNc1cc(NC2CC2CC)nc(C)n1. The summed E-state index contributed by atoms with van der Waals surface area (Å²) in [7, 11) is 0. The molecule has 1 saturated carbocycles. The van der Waals surface area contributed by atoms with Crippen LogP contribution in [0.25, 0.3) is 0 Å². The molecule has 0 amide bonds. The lowest BCUT2D eigenvalue weighted by atomic mass is 10.3. The fourth-order valence-corrected chi connectivity index (χ4v) is 1.98. The van der Waals surface area contributed by atoms with Crippen LogP contribution in [0.4, 0.5) is 11.6 Å². The van der Waals surface area contributed by atoms with E-state index in [4.69, 9.17) is 0 Å². The van der Waals surface area contributed by atoms with Crippen LogP contribution in [0.2, 0.25) is 0 Å². The fraction of sp³-hybridized carbons (Fsp3) is 0.667. The standard InChI is InChI=1S/C12H20N4/c1-4-9-6-10(9)16-12-7-11(13-5-2)14-8(3)15-12/h7,9-10H,4-6H2,1-3H3,(H2,13,14,15,16). The van der Waals surface area contributed by atoms with Crippen molar-refractivity contribution >= 4 is 11.6 Å². The molecular weight excluding hydrogens is 200 g/mol. The van der Waals surface area contributed by atoms with Gasteiger partial charge in [0, 0.05) is 18.7 Å². The van der Waals surface area contributed by atoms with Crippen LogP contribution in [0.1, 0.15) is 32.5 Å². The quantitative estimate of drug-likeness (QED) is 0.800. The molecule has 0 spiro atoms. The molecule has 16 heavy (non-hydrogen) atoms. The molecule has 4 nitrogen and oxygen atoms in total. The summed E-state index contributed by atoms with van der Waals surface area (Å²) in [6.45, 7) is 7.12. The molecule has 2 rings (SSSR count). The van der Waals surface area contributed by atoms with Gasteiger partial charge >= 0.3 is 0 Å². The van der Waals surface area contributed by atoms with Gasteiger partial charge in [0.2, 0.25) is 0 Å². The van der Waals surface area contributed by atoms with Gasteiger partial charge in [0.15, 0.2) is 0 Å². The van der Waals surface area contributed by atoms with E-state index >= 15 is 0 Å². The molecule has 1 aliphatic rings. The van der Waals surface area contributed by atoms with E-state index in [2.05, 4.69) is 34.4 Å². The Kier molecular flexibility index (Phi) is 3.27. The maximum absolute atomic E-state index is 4.40. The van der Waals surface area contributed by atoms with Gasteiger partial charge in [0.25, 0.3) is 0 Å². The van der Waals surface area contributed by atoms with Crippen LogP contribution in [0.15, 0.2) is 6.07 Å². The topological polar surface area (TPSA) is 49.8 Å². The lowest BCUT2D eigenvalue weighted by molar-refractivity contribution is 0.773. The second-order valence-corrected chi connectivity index (χ2v) is 4.37. The average Bonchev–Trinajstić information content (AvgIpc) is 2.96. The van der Waals surface area contributed by atoms with E-state index in [1.165, 1.54) is 12.8 Å². The monoisotopic (exact) mass is 220 g/mol. The third kappa shape index (κ3) is 2.62. The first-order chi connectivity index (χ1) is 7.72. The Bertz CT molecular complexity index is 364. The molecule has 1 aromatic rings. The second-order valence-electron chi connectivity index (χ2n) is 4.37. The smallest absolute Gasteiger partial charge is 0.132 e. The Morgan fingerprint density at radius 2 is 2.06 bits per heavy atom. The highest BCUT2D eigenvalue weighted by molar-refractivity contribution is 5.48. The molecule has 0 bridgehead atoms. The zero-order valence-corrected chi connectivity index (χ0v) is 10.2. The summed E-state index contributed by atoms with van der Waals surface area (Å²) in [6, 6.07) is 2.61. The molecule has 0 saturated heterocycles. The number of nitrogens with one attached hydrogen (secondary N) is 2. The maximum Gasteiger partial charge on any atom is 0.132 e. The van der Waals surface area contributed by atoms with E-state index in [1.807, 2.05) is 13.0 Å². The highest BCUT2D eigenvalue weighted by Crippen LogP contribution is 2.35. The summed E-state index contributed by atoms with van der Waals surface area (Å²) in [6.07, 6.45) is 2.53. The van der Waals surface area contributed by atoms with Crippen molar-refractivity contribution in [2.45, 2.75) is 39.7 Å². The van der Waals surface area contributed by atoms with Crippen molar-refractivity contribution < 1.29 is 0 Å². The minimum Gasteiger partial charge on any atom is -0.370 e. The first kappa shape index (κ1) is 11.2. The molecule has 1 aliphatic carbocycles. The van der Waals surface area contributed by atoms with Gasteiger partial charge in [-0.3, -0.25) is 0 Å². The number of nitrogens with zero attached hydrogens (tertiary/aromatic N) is 2. The zero-order chi connectivity index (χ0) is 11.5. The Hall–Kier alpha value is -1.32. The van der Waals surface area contributed by atoms with Crippen LogP contribution in [-0.2, 0) is 0 Å². The Labute approximate surface area is 96.9 Å². The summed E-state index contributed by atoms with van der Waals surface area (Å²) in [5.41, 5.74) is 0. The van der Waals surface area contributed by atoms with Crippen LogP contribution in [0.3, 0.4) is 0 Å². The third-order valence-electron chi connectivity index (χ3n) is 2.98. The Balaban J connectivity index is 2.03. The van der Waals surface area contributed by atoms with E-state index in [0.717, 1.165) is 29.9 Å². The van der Waals surface area contributed by atoms with Crippen LogP contribution < -0.4 is 10.6 Å². The second kappa shape index (κ2) is 4.68. The molecule has 0 aromatic carbocycles. The molecule has 0 aliphatic heterocycles. The summed E-state index contributed by atoms with van der Waals surface area (Å²) in [4.78, 5) is 8.73. The zero-order valence-electron chi connectivity index (χ0n) is 10.2. The normalized spacial score (nSPS) is 22.9. The fourth-order valence-electron chi connectivity index (χ4n) is 1.98.